The van der Waals surface area contributed by atoms with E-state index in [0.717, 1.165) is 12.2 Å². The van der Waals surface area contributed by atoms with E-state index in [1.165, 1.54) is 56.9 Å². The number of hydrogen-bond donors (Lipinski definition) is 0. The third-order valence-corrected chi connectivity index (χ3v) is 13.0. The second-order valence-electron chi connectivity index (χ2n) is 15.1. The molecule has 4 heteroatoms. The summed E-state index contributed by atoms with van der Waals surface area (Å²) in [6.45, 7) is 17.4. The van der Waals surface area contributed by atoms with Gasteiger partial charge in [0, 0.05) is 23.8 Å². The molecule has 0 aliphatic heterocycles. The Morgan fingerprint density at radius 3 is 2.61 bits per heavy atom. The summed E-state index contributed by atoms with van der Waals surface area (Å²) < 4.78 is 11.6. The standard InChI is InChI=1S/C32H47NO3/c1-20-23-10-11-31(7)26(29(23,5)16-22-18-33-36-27(20)22)9-8-24-25-17-28(3,4)12-14-32(25,19-35-21(2)34)15-13-30(24,31)6/h8,18,20,23,25-26H,9-17,19H2,1-7H3/t20-,23-,25-,26+,29-,30+,31+,32+/m0/s1. The first-order valence-electron chi connectivity index (χ1n) is 14.6. The maximum atomic E-state index is 11.9. The molecule has 1 heterocycles. The molecule has 0 radical (unpaired) electrons. The molecule has 1 aromatic rings. The van der Waals surface area contributed by atoms with Crippen LogP contribution in [-0.4, -0.2) is 17.7 Å². The first-order valence-corrected chi connectivity index (χ1v) is 14.6. The van der Waals surface area contributed by atoms with Crippen molar-refractivity contribution >= 4 is 5.97 Å². The van der Waals surface area contributed by atoms with Crippen LogP contribution in [0.4, 0.5) is 0 Å². The summed E-state index contributed by atoms with van der Waals surface area (Å²) in [6, 6.07) is 0. The van der Waals surface area contributed by atoms with Crippen LogP contribution in [0, 0.1) is 44.8 Å². The third kappa shape index (κ3) is 3.17. The fourth-order valence-electron chi connectivity index (χ4n) is 10.7. The average Bonchev–Trinajstić information content (AvgIpc) is 3.26. The first-order chi connectivity index (χ1) is 16.9. The van der Waals surface area contributed by atoms with Crippen LogP contribution in [-0.2, 0) is 16.0 Å². The minimum Gasteiger partial charge on any atom is -0.465 e. The number of esters is 1. The van der Waals surface area contributed by atoms with Crippen molar-refractivity contribution in [2.75, 3.05) is 6.61 Å². The Hall–Kier alpha value is -1.58. The smallest absolute Gasteiger partial charge is 0.302 e. The number of rotatable bonds is 2. The molecule has 1 aromatic heterocycles. The van der Waals surface area contributed by atoms with Gasteiger partial charge in [0.1, 0.15) is 5.76 Å². The van der Waals surface area contributed by atoms with Crippen LogP contribution in [0.15, 0.2) is 22.4 Å². The topological polar surface area (TPSA) is 52.3 Å². The SMILES string of the molecule is CC(=O)OC[C@]12CCC(C)(C)C[C@H]1C1=CC[C@@H]3[C@@]4(C)Cc5cnoc5[C@@H](C)[C@@H]4CC[C@@]3(C)[C@]1(C)CC2. The number of allylic oxidation sites excluding steroid dienone is 2. The molecule has 0 unspecified atom stereocenters. The molecule has 0 amide bonds. The predicted molar refractivity (Wildman–Crippen MR) is 141 cm³/mol. The Labute approximate surface area is 218 Å². The second kappa shape index (κ2) is 7.73. The molecule has 6 rings (SSSR count). The summed E-state index contributed by atoms with van der Waals surface area (Å²) in [5, 5.41) is 4.22. The van der Waals surface area contributed by atoms with Gasteiger partial charge in [0.2, 0.25) is 0 Å². The molecule has 4 nitrogen and oxygen atoms in total. The lowest BCUT2D eigenvalue weighted by atomic mass is 9.34. The highest BCUT2D eigenvalue weighted by molar-refractivity contribution is 5.66. The zero-order chi connectivity index (χ0) is 25.7. The van der Waals surface area contributed by atoms with Crippen LogP contribution in [0.25, 0.3) is 0 Å². The molecule has 36 heavy (non-hydrogen) atoms. The molecule has 198 valence electrons. The Morgan fingerprint density at radius 2 is 1.86 bits per heavy atom. The van der Waals surface area contributed by atoms with Crippen molar-refractivity contribution in [3.63, 3.8) is 0 Å². The highest BCUT2D eigenvalue weighted by Gasteiger charge is 2.67. The summed E-state index contributed by atoms with van der Waals surface area (Å²) in [7, 11) is 0. The number of carbonyl (C=O) groups excluding carboxylic acids is 1. The lowest BCUT2D eigenvalue weighted by Crippen LogP contribution is -2.63. The maximum absolute atomic E-state index is 11.9. The molecule has 0 aromatic carbocycles. The zero-order valence-corrected chi connectivity index (χ0v) is 23.7. The van der Waals surface area contributed by atoms with Crippen molar-refractivity contribution in [2.24, 2.45) is 44.8 Å². The summed E-state index contributed by atoms with van der Waals surface area (Å²) >= 11 is 0. The van der Waals surface area contributed by atoms with E-state index >= 15 is 0 Å². The number of ether oxygens (including phenoxy) is 1. The molecule has 5 aliphatic carbocycles. The molecule has 3 fully saturated rings. The van der Waals surface area contributed by atoms with E-state index in [4.69, 9.17) is 9.26 Å². The minimum absolute atomic E-state index is 0.119. The molecule has 5 aliphatic rings. The van der Waals surface area contributed by atoms with Gasteiger partial charge in [-0.05, 0) is 97.2 Å². The van der Waals surface area contributed by atoms with Gasteiger partial charge in [-0.1, -0.05) is 58.3 Å². The van der Waals surface area contributed by atoms with E-state index in [1.54, 1.807) is 12.5 Å². The molecular weight excluding hydrogens is 446 g/mol. The molecule has 8 atom stereocenters. The van der Waals surface area contributed by atoms with Crippen LogP contribution < -0.4 is 0 Å². The van der Waals surface area contributed by atoms with E-state index in [-0.39, 0.29) is 27.6 Å². The van der Waals surface area contributed by atoms with Gasteiger partial charge in [-0.2, -0.15) is 0 Å². The Bertz CT molecular complexity index is 1100. The van der Waals surface area contributed by atoms with Crippen LogP contribution in [0.1, 0.15) is 117 Å². The number of fused-ring (bicyclic) bond motifs is 8. The second-order valence-corrected chi connectivity index (χ2v) is 15.1. The quantitative estimate of drug-likeness (QED) is 0.311. The fraction of sp³-hybridized carbons (Fsp3) is 0.812. The summed E-state index contributed by atoms with van der Waals surface area (Å²) in [4.78, 5) is 11.9. The monoisotopic (exact) mass is 493 g/mol. The van der Waals surface area contributed by atoms with E-state index in [0.29, 0.717) is 35.7 Å². The summed E-state index contributed by atoms with van der Waals surface area (Å²) in [5.41, 5.74) is 4.30. The molecule has 3 saturated carbocycles. The van der Waals surface area contributed by atoms with Gasteiger partial charge in [0.05, 0.1) is 12.8 Å². The van der Waals surface area contributed by atoms with Gasteiger partial charge >= 0.3 is 5.97 Å². The number of aromatic nitrogens is 1. The summed E-state index contributed by atoms with van der Waals surface area (Å²) in [5.74, 6) is 3.33. The van der Waals surface area contributed by atoms with Crippen molar-refractivity contribution in [1.82, 2.24) is 5.16 Å². The highest BCUT2D eigenvalue weighted by Crippen LogP contribution is 2.74. The average molecular weight is 494 g/mol. The van der Waals surface area contributed by atoms with Gasteiger partial charge in [-0.3, -0.25) is 4.79 Å². The fourth-order valence-corrected chi connectivity index (χ4v) is 10.7. The maximum Gasteiger partial charge on any atom is 0.302 e. The number of hydrogen-bond acceptors (Lipinski definition) is 4. The molecular formula is C32H47NO3. The Balaban J connectivity index is 1.41. The van der Waals surface area contributed by atoms with Crippen molar-refractivity contribution < 1.29 is 14.1 Å². The van der Waals surface area contributed by atoms with Crippen LogP contribution in [0.3, 0.4) is 0 Å². The van der Waals surface area contributed by atoms with Crippen molar-refractivity contribution in [1.29, 1.82) is 0 Å². The lowest BCUT2D eigenvalue weighted by Gasteiger charge is -2.70. The highest BCUT2D eigenvalue weighted by atomic mass is 16.5. The number of carbonyl (C=O) groups is 1. The van der Waals surface area contributed by atoms with Crippen molar-refractivity contribution in [3.05, 3.63) is 29.2 Å². The van der Waals surface area contributed by atoms with Crippen LogP contribution >= 0.6 is 0 Å². The van der Waals surface area contributed by atoms with Crippen molar-refractivity contribution in [2.45, 2.75) is 112 Å². The van der Waals surface area contributed by atoms with Gasteiger partial charge in [0.25, 0.3) is 0 Å². The lowest BCUT2D eigenvalue weighted by molar-refractivity contribution is -0.166. The molecule has 0 N–H and O–H groups in total. The summed E-state index contributed by atoms with van der Waals surface area (Å²) in [6.07, 6.45) is 15.6. The van der Waals surface area contributed by atoms with Gasteiger partial charge in [-0.25, -0.2) is 0 Å². The normalized spacial score (nSPS) is 46.8. The molecule has 0 spiro atoms. The minimum atomic E-state index is -0.128. The Morgan fingerprint density at radius 1 is 1.11 bits per heavy atom. The Kier molecular flexibility index (Phi) is 5.31. The van der Waals surface area contributed by atoms with Gasteiger partial charge in [-0.15, -0.1) is 0 Å². The zero-order valence-electron chi connectivity index (χ0n) is 23.7. The van der Waals surface area contributed by atoms with E-state index in [1.807, 2.05) is 6.20 Å². The van der Waals surface area contributed by atoms with Gasteiger partial charge in [0.15, 0.2) is 0 Å². The molecule has 0 saturated heterocycles. The van der Waals surface area contributed by atoms with E-state index in [9.17, 15) is 4.79 Å². The predicted octanol–water partition coefficient (Wildman–Crippen LogP) is 7.88. The third-order valence-electron chi connectivity index (χ3n) is 13.0. The van der Waals surface area contributed by atoms with Crippen molar-refractivity contribution in [3.8, 4) is 0 Å². The van der Waals surface area contributed by atoms with Crippen LogP contribution in [0.2, 0.25) is 0 Å². The largest absolute Gasteiger partial charge is 0.465 e. The van der Waals surface area contributed by atoms with E-state index in [2.05, 4.69) is 52.8 Å². The first kappa shape index (κ1) is 24.7. The molecule has 0 bridgehead atoms. The van der Waals surface area contributed by atoms with Gasteiger partial charge < -0.3 is 9.26 Å². The van der Waals surface area contributed by atoms with Crippen LogP contribution in [0.5, 0.6) is 0 Å². The number of nitrogens with zero attached hydrogens (tertiary/aromatic N) is 1. The van der Waals surface area contributed by atoms with E-state index < -0.39 is 0 Å².